The Morgan fingerprint density at radius 2 is 2.23 bits per heavy atom. The van der Waals surface area contributed by atoms with Crippen molar-refractivity contribution in [3.8, 4) is 0 Å². The molecule has 0 bridgehead atoms. The van der Waals surface area contributed by atoms with Crippen molar-refractivity contribution in [1.29, 1.82) is 0 Å². The van der Waals surface area contributed by atoms with E-state index in [0.29, 0.717) is 11.1 Å². The third-order valence-electron chi connectivity index (χ3n) is 2.02. The van der Waals surface area contributed by atoms with Crippen molar-refractivity contribution in [2.24, 2.45) is 7.05 Å². The van der Waals surface area contributed by atoms with Crippen molar-refractivity contribution >= 4 is 16.5 Å². The molecule has 0 aromatic carbocycles. The highest BCUT2D eigenvalue weighted by molar-refractivity contribution is 5.90. The lowest BCUT2D eigenvalue weighted by Gasteiger charge is -2.02. The van der Waals surface area contributed by atoms with Gasteiger partial charge >= 0.3 is 0 Å². The first-order valence-electron chi connectivity index (χ1n) is 3.89. The first-order chi connectivity index (χ1) is 6.20. The topological polar surface area (TPSA) is 60.9 Å². The molecular weight excluding hydrogens is 166 g/mol. The van der Waals surface area contributed by atoms with Crippen molar-refractivity contribution in [2.45, 2.75) is 0 Å². The minimum atomic E-state index is -0.0857. The average molecular weight is 175 g/mol. The van der Waals surface area contributed by atoms with Crippen LogP contribution in [0.4, 0.5) is 5.69 Å². The summed E-state index contributed by atoms with van der Waals surface area (Å²) in [6.07, 6.45) is 4.82. The molecule has 0 atom stereocenters. The van der Waals surface area contributed by atoms with Gasteiger partial charge in [-0.05, 0) is 6.07 Å². The van der Waals surface area contributed by atoms with E-state index in [4.69, 9.17) is 5.73 Å². The quantitative estimate of drug-likeness (QED) is 0.634. The van der Waals surface area contributed by atoms with E-state index in [1.165, 1.54) is 10.8 Å². The van der Waals surface area contributed by atoms with Crippen LogP contribution in [0.15, 0.2) is 29.5 Å². The molecule has 0 saturated heterocycles. The summed E-state index contributed by atoms with van der Waals surface area (Å²) in [5, 5.41) is 1.32. The van der Waals surface area contributed by atoms with Crippen LogP contribution < -0.4 is 11.3 Å². The molecule has 0 spiro atoms. The van der Waals surface area contributed by atoms with E-state index in [2.05, 4.69) is 4.98 Å². The molecule has 66 valence electrons. The molecule has 0 aliphatic carbocycles. The van der Waals surface area contributed by atoms with E-state index in [1.807, 2.05) is 6.07 Å². The summed E-state index contributed by atoms with van der Waals surface area (Å²) in [5.74, 6) is 0. The molecule has 0 amide bonds. The highest BCUT2D eigenvalue weighted by Crippen LogP contribution is 2.13. The molecular formula is C9H9N3O. The number of nitrogens with two attached hydrogens (primary N) is 1. The van der Waals surface area contributed by atoms with Crippen LogP contribution in [0.1, 0.15) is 0 Å². The summed E-state index contributed by atoms with van der Waals surface area (Å²) in [6, 6.07) is 1.82. The Morgan fingerprint density at radius 1 is 1.46 bits per heavy atom. The highest BCUT2D eigenvalue weighted by atomic mass is 16.1. The van der Waals surface area contributed by atoms with Gasteiger partial charge in [-0.15, -0.1) is 0 Å². The normalized spacial score (nSPS) is 10.5. The zero-order chi connectivity index (χ0) is 9.42. The predicted molar refractivity (Wildman–Crippen MR) is 51.4 cm³/mol. The summed E-state index contributed by atoms with van der Waals surface area (Å²) in [5.41, 5.74) is 5.99. The number of nitrogen functional groups attached to an aromatic ring is 1. The lowest BCUT2D eigenvalue weighted by atomic mass is 10.2. The number of hydrogen-bond acceptors (Lipinski definition) is 3. The van der Waals surface area contributed by atoms with E-state index in [-0.39, 0.29) is 5.56 Å². The first-order valence-corrected chi connectivity index (χ1v) is 3.89. The van der Waals surface area contributed by atoms with Gasteiger partial charge in [0.15, 0.2) is 0 Å². The SMILES string of the molecule is Cn1ccc2cncc(N)c2c1=O. The number of nitrogens with zero attached hydrogens (tertiary/aromatic N) is 2. The van der Waals surface area contributed by atoms with Crippen LogP contribution >= 0.6 is 0 Å². The van der Waals surface area contributed by atoms with Crippen LogP contribution in [0, 0.1) is 0 Å². The monoisotopic (exact) mass is 175 g/mol. The smallest absolute Gasteiger partial charge is 0.260 e. The molecule has 4 heteroatoms. The summed E-state index contributed by atoms with van der Waals surface area (Å²) in [4.78, 5) is 15.5. The Hall–Kier alpha value is -1.84. The minimum absolute atomic E-state index is 0.0857. The fraction of sp³-hybridized carbons (Fsp3) is 0.111. The third-order valence-corrected chi connectivity index (χ3v) is 2.02. The number of aryl methyl sites for hydroxylation is 1. The zero-order valence-corrected chi connectivity index (χ0v) is 7.19. The predicted octanol–water partition coefficient (Wildman–Crippen LogP) is 0.516. The van der Waals surface area contributed by atoms with Gasteiger partial charge in [-0.25, -0.2) is 0 Å². The van der Waals surface area contributed by atoms with Crippen LogP contribution in [0.2, 0.25) is 0 Å². The molecule has 2 heterocycles. The molecule has 0 fully saturated rings. The maximum atomic E-state index is 11.6. The minimum Gasteiger partial charge on any atom is -0.397 e. The maximum absolute atomic E-state index is 11.6. The molecule has 2 aromatic rings. The van der Waals surface area contributed by atoms with Gasteiger partial charge in [0.2, 0.25) is 0 Å². The van der Waals surface area contributed by atoms with Crippen LogP contribution in [-0.4, -0.2) is 9.55 Å². The van der Waals surface area contributed by atoms with Crippen molar-refractivity contribution in [2.75, 3.05) is 5.73 Å². The van der Waals surface area contributed by atoms with Crippen LogP contribution in [0.3, 0.4) is 0 Å². The second-order valence-corrected chi connectivity index (χ2v) is 2.92. The van der Waals surface area contributed by atoms with Crippen molar-refractivity contribution < 1.29 is 0 Å². The number of aromatic nitrogens is 2. The largest absolute Gasteiger partial charge is 0.397 e. The molecule has 4 nitrogen and oxygen atoms in total. The maximum Gasteiger partial charge on any atom is 0.260 e. The molecule has 13 heavy (non-hydrogen) atoms. The van der Waals surface area contributed by atoms with Gasteiger partial charge < -0.3 is 10.3 Å². The van der Waals surface area contributed by atoms with Crippen molar-refractivity contribution in [3.63, 3.8) is 0 Å². The number of pyridine rings is 2. The second-order valence-electron chi connectivity index (χ2n) is 2.92. The molecule has 2 N–H and O–H groups in total. The second kappa shape index (κ2) is 2.58. The van der Waals surface area contributed by atoms with Crippen LogP contribution in [-0.2, 0) is 7.05 Å². The Kier molecular flexibility index (Phi) is 1.55. The van der Waals surface area contributed by atoms with E-state index in [9.17, 15) is 4.79 Å². The van der Waals surface area contributed by atoms with Gasteiger partial charge in [0.1, 0.15) is 0 Å². The van der Waals surface area contributed by atoms with Gasteiger partial charge in [0, 0.05) is 24.8 Å². The number of rotatable bonds is 0. The van der Waals surface area contributed by atoms with Crippen molar-refractivity contribution in [1.82, 2.24) is 9.55 Å². The van der Waals surface area contributed by atoms with E-state index < -0.39 is 0 Å². The Morgan fingerprint density at radius 3 is 3.00 bits per heavy atom. The van der Waals surface area contributed by atoms with Crippen LogP contribution in [0.5, 0.6) is 0 Å². The summed E-state index contributed by atoms with van der Waals surface area (Å²) in [6.45, 7) is 0. The summed E-state index contributed by atoms with van der Waals surface area (Å²) < 4.78 is 1.50. The Bertz CT molecular complexity index is 516. The summed E-state index contributed by atoms with van der Waals surface area (Å²) in [7, 11) is 1.70. The molecule has 0 saturated carbocycles. The molecule has 2 aromatic heterocycles. The number of hydrogen-bond donors (Lipinski definition) is 1. The van der Waals surface area contributed by atoms with Gasteiger partial charge in [-0.1, -0.05) is 0 Å². The average Bonchev–Trinajstić information content (AvgIpc) is 2.12. The molecule has 0 unspecified atom stereocenters. The fourth-order valence-electron chi connectivity index (χ4n) is 1.30. The van der Waals surface area contributed by atoms with E-state index >= 15 is 0 Å². The number of fused-ring (bicyclic) bond motifs is 1. The van der Waals surface area contributed by atoms with Gasteiger partial charge in [0.25, 0.3) is 5.56 Å². The molecule has 0 aliphatic rings. The highest BCUT2D eigenvalue weighted by Gasteiger charge is 2.03. The van der Waals surface area contributed by atoms with Crippen LogP contribution in [0.25, 0.3) is 10.8 Å². The van der Waals surface area contributed by atoms with E-state index in [1.54, 1.807) is 19.4 Å². The standard InChI is InChI=1S/C9H9N3O/c1-12-3-2-6-4-11-5-7(10)8(6)9(12)13/h2-5H,10H2,1H3. The zero-order valence-electron chi connectivity index (χ0n) is 7.19. The molecule has 2 rings (SSSR count). The third kappa shape index (κ3) is 1.07. The van der Waals surface area contributed by atoms with Gasteiger partial charge in [0.05, 0.1) is 17.3 Å². The lowest BCUT2D eigenvalue weighted by Crippen LogP contribution is -2.16. The van der Waals surface area contributed by atoms with Gasteiger partial charge in [-0.3, -0.25) is 9.78 Å². The molecule has 0 aliphatic heterocycles. The first kappa shape index (κ1) is 7.79. The number of anilines is 1. The molecule has 0 radical (unpaired) electrons. The lowest BCUT2D eigenvalue weighted by molar-refractivity contribution is 0.873. The van der Waals surface area contributed by atoms with Gasteiger partial charge in [-0.2, -0.15) is 0 Å². The van der Waals surface area contributed by atoms with E-state index in [0.717, 1.165) is 5.39 Å². The Labute approximate surface area is 74.6 Å². The fourth-order valence-corrected chi connectivity index (χ4v) is 1.30. The Balaban J connectivity index is 3.06. The summed E-state index contributed by atoms with van der Waals surface area (Å²) >= 11 is 0. The van der Waals surface area contributed by atoms with Crippen molar-refractivity contribution in [3.05, 3.63) is 35.0 Å².